The molecule has 1 saturated heterocycles. The van der Waals surface area contributed by atoms with Crippen molar-refractivity contribution in [3.05, 3.63) is 24.0 Å². The first-order chi connectivity index (χ1) is 8.56. The molecular weight excluding hydrogens is 230 g/mol. The van der Waals surface area contributed by atoms with E-state index in [0.29, 0.717) is 18.8 Å². The Balaban J connectivity index is 2.01. The number of amides is 2. The second-order valence-corrected chi connectivity index (χ2v) is 4.77. The van der Waals surface area contributed by atoms with Gasteiger partial charge in [0.15, 0.2) is 0 Å². The molecule has 18 heavy (non-hydrogen) atoms. The smallest absolute Gasteiger partial charge is 0.249 e. The second-order valence-electron chi connectivity index (χ2n) is 4.77. The fourth-order valence-corrected chi connectivity index (χ4v) is 1.86. The van der Waals surface area contributed by atoms with Crippen LogP contribution in [0.25, 0.3) is 0 Å². The van der Waals surface area contributed by atoms with E-state index >= 15 is 0 Å². The second kappa shape index (κ2) is 5.16. The average molecular weight is 247 g/mol. The normalized spacial score (nSPS) is 19.8. The maximum atomic E-state index is 11.6. The van der Waals surface area contributed by atoms with E-state index in [2.05, 4.69) is 29.5 Å². The standard InChI is InChI=1S/C13H17N3O2/c1-8(2)10-4-3-9(7-14-10)15-11-5-6-12(17)16-13(11)18/h3-4,7-8,11,15H,5-6H2,1-2H3,(H,16,17,18). The molecule has 1 aromatic rings. The first-order valence-corrected chi connectivity index (χ1v) is 6.12. The number of carbonyl (C=O) groups is 2. The van der Waals surface area contributed by atoms with Crippen LogP contribution < -0.4 is 10.6 Å². The number of nitrogens with one attached hydrogen (secondary N) is 2. The van der Waals surface area contributed by atoms with Gasteiger partial charge in [0.2, 0.25) is 11.8 Å². The summed E-state index contributed by atoms with van der Waals surface area (Å²) < 4.78 is 0. The van der Waals surface area contributed by atoms with Crippen LogP contribution >= 0.6 is 0 Å². The number of rotatable bonds is 3. The minimum absolute atomic E-state index is 0.202. The van der Waals surface area contributed by atoms with E-state index in [1.54, 1.807) is 6.20 Å². The summed E-state index contributed by atoms with van der Waals surface area (Å²) in [5.41, 5.74) is 1.82. The summed E-state index contributed by atoms with van der Waals surface area (Å²) in [6, 6.07) is 3.50. The molecule has 1 aliphatic heterocycles. The summed E-state index contributed by atoms with van der Waals surface area (Å²) in [7, 11) is 0. The largest absolute Gasteiger partial charge is 0.372 e. The number of nitrogens with zero attached hydrogens (tertiary/aromatic N) is 1. The third-order valence-electron chi connectivity index (χ3n) is 2.96. The Morgan fingerprint density at radius 3 is 2.72 bits per heavy atom. The quantitative estimate of drug-likeness (QED) is 0.792. The fraction of sp³-hybridized carbons (Fsp3) is 0.462. The SMILES string of the molecule is CC(C)c1ccc(NC2CCC(=O)NC2=O)cn1. The number of piperidine rings is 1. The number of aromatic nitrogens is 1. The summed E-state index contributed by atoms with van der Waals surface area (Å²) in [4.78, 5) is 26.9. The number of imide groups is 1. The minimum Gasteiger partial charge on any atom is -0.372 e. The number of anilines is 1. The highest BCUT2D eigenvalue weighted by Gasteiger charge is 2.26. The van der Waals surface area contributed by atoms with E-state index in [1.807, 2.05) is 12.1 Å². The molecule has 1 aliphatic rings. The summed E-state index contributed by atoms with van der Waals surface area (Å²) in [5, 5.41) is 5.41. The van der Waals surface area contributed by atoms with Crippen molar-refractivity contribution in [2.45, 2.75) is 38.6 Å². The maximum absolute atomic E-state index is 11.6. The molecule has 5 heteroatoms. The van der Waals surface area contributed by atoms with E-state index in [9.17, 15) is 9.59 Å². The molecule has 0 radical (unpaired) electrons. The molecule has 0 aliphatic carbocycles. The van der Waals surface area contributed by atoms with Gasteiger partial charge in [-0.1, -0.05) is 13.8 Å². The lowest BCUT2D eigenvalue weighted by molar-refractivity contribution is -0.133. The van der Waals surface area contributed by atoms with Gasteiger partial charge >= 0.3 is 0 Å². The number of carbonyl (C=O) groups excluding carboxylic acids is 2. The van der Waals surface area contributed by atoms with Gasteiger partial charge < -0.3 is 5.32 Å². The molecule has 1 aromatic heterocycles. The Morgan fingerprint density at radius 2 is 2.17 bits per heavy atom. The van der Waals surface area contributed by atoms with Crippen molar-refractivity contribution in [2.75, 3.05) is 5.32 Å². The molecule has 2 heterocycles. The van der Waals surface area contributed by atoms with Gasteiger partial charge in [0.05, 0.1) is 11.9 Å². The van der Waals surface area contributed by atoms with Crippen LogP contribution in [-0.2, 0) is 9.59 Å². The zero-order chi connectivity index (χ0) is 13.1. The van der Waals surface area contributed by atoms with E-state index < -0.39 is 0 Å². The Morgan fingerprint density at radius 1 is 1.39 bits per heavy atom. The van der Waals surface area contributed by atoms with Gasteiger partial charge in [-0.2, -0.15) is 0 Å². The van der Waals surface area contributed by atoms with Gasteiger partial charge in [0.1, 0.15) is 6.04 Å². The Kier molecular flexibility index (Phi) is 3.60. The molecule has 0 bridgehead atoms. The predicted molar refractivity (Wildman–Crippen MR) is 68.1 cm³/mol. The molecule has 1 atom stereocenters. The van der Waals surface area contributed by atoms with Gasteiger partial charge in [-0.05, 0) is 24.5 Å². The third-order valence-corrected chi connectivity index (χ3v) is 2.96. The Bertz CT molecular complexity index is 454. The van der Waals surface area contributed by atoms with Crippen LogP contribution in [0.4, 0.5) is 5.69 Å². The highest BCUT2D eigenvalue weighted by molar-refractivity contribution is 6.01. The topological polar surface area (TPSA) is 71.1 Å². The molecule has 1 unspecified atom stereocenters. The number of hydrogen-bond acceptors (Lipinski definition) is 4. The minimum atomic E-state index is -0.352. The van der Waals surface area contributed by atoms with E-state index in [-0.39, 0.29) is 17.9 Å². The molecule has 5 nitrogen and oxygen atoms in total. The summed E-state index contributed by atoms with van der Waals surface area (Å²) in [6.07, 6.45) is 2.62. The molecule has 2 rings (SSSR count). The van der Waals surface area contributed by atoms with Crippen LogP contribution in [-0.4, -0.2) is 22.8 Å². The van der Waals surface area contributed by atoms with Crippen LogP contribution in [0.5, 0.6) is 0 Å². The number of pyridine rings is 1. The van der Waals surface area contributed by atoms with Gasteiger partial charge in [-0.25, -0.2) is 0 Å². The fourth-order valence-electron chi connectivity index (χ4n) is 1.86. The summed E-state index contributed by atoms with van der Waals surface area (Å²) >= 11 is 0. The lowest BCUT2D eigenvalue weighted by Gasteiger charge is -2.22. The van der Waals surface area contributed by atoms with Crippen molar-refractivity contribution in [2.24, 2.45) is 0 Å². The lowest BCUT2D eigenvalue weighted by Crippen LogP contribution is -2.47. The van der Waals surface area contributed by atoms with Crippen molar-refractivity contribution < 1.29 is 9.59 Å². The molecule has 96 valence electrons. The molecule has 1 fully saturated rings. The van der Waals surface area contributed by atoms with Gasteiger partial charge in [-0.15, -0.1) is 0 Å². The van der Waals surface area contributed by atoms with Crippen LogP contribution in [0.1, 0.15) is 38.3 Å². The number of hydrogen-bond donors (Lipinski definition) is 2. The molecule has 0 spiro atoms. The monoisotopic (exact) mass is 247 g/mol. The van der Waals surface area contributed by atoms with Gasteiger partial charge in [0, 0.05) is 12.1 Å². The molecule has 0 aromatic carbocycles. The molecular formula is C13H17N3O2. The first-order valence-electron chi connectivity index (χ1n) is 6.12. The van der Waals surface area contributed by atoms with Gasteiger partial charge in [-0.3, -0.25) is 19.9 Å². The zero-order valence-electron chi connectivity index (χ0n) is 10.6. The van der Waals surface area contributed by atoms with Crippen molar-refractivity contribution in [1.29, 1.82) is 0 Å². The van der Waals surface area contributed by atoms with E-state index in [0.717, 1.165) is 11.4 Å². The molecule has 2 amide bonds. The highest BCUT2D eigenvalue weighted by Crippen LogP contribution is 2.16. The van der Waals surface area contributed by atoms with E-state index in [1.165, 1.54) is 0 Å². The van der Waals surface area contributed by atoms with Crippen LogP contribution in [0.15, 0.2) is 18.3 Å². The maximum Gasteiger partial charge on any atom is 0.249 e. The first kappa shape index (κ1) is 12.5. The van der Waals surface area contributed by atoms with Crippen molar-refractivity contribution in [3.63, 3.8) is 0 Å². The molecule has 2 N–H and O–H groups in total. The summed E-state index contributed by atoms with van der Waals surface area (Å²) in [6.45, 7) is 4.16. The Hall–Kier alpha value is -1.91. The predicted octanol–water partition coefficient (Wildman–Crippen LogP) is 1.42. The van der Waals surface area contributed by atoms with E-state index in [4.69, 9.17) is 0 Å². The molecule has 0 saturated carbocycles. The Labute approximate surface area is 106 Å². The average Bonchev–Trinajstić information content (AvgIpc) is 2.33. The van der Waals surface area contributed by atoms with Crippen molar-refractivity contribution >= 4 is 17.5 Å². The van der Waals surface area contributed by atoms with Crippen LogP contribution in [0.3, 0.4) is 0 Å². The zero-order valence-corrected chi connectivity index (χ0v) is 10.6. The van der Waals surface area contributed by atoms with Crippen LogP contribution in [0.2, 0.25) is 0 Å². The highest BCUT2D eigenvalue weighted by atomic mass is 16.2. The van der Waals surface area contributed by atoms with Gasteiger partial charge in [0.25, 0.3) is 0 Å². The van der Waals surface area contributed by atoms with Crippen molar-refractivity contribution in [1.82, 2.24) is 10.3 Å². The lowest BCUT2D eigenvalue weighted by atomic mass is 10.1. The van der Waals surface area contributed by atoms with Crippen LogP contribution in [0, 0.1) is 0 Å². The third kappa shape index (κ3) is 2.85. The van der Waals surface area contributed by atoms with Crippen molar-refractivity contribution in [3.8, 4) is 0 Å². The summed E-state index contributed by atoms with van der Waals surface area (Å²) in [5.74, 6) is -0.0832.